The van der Waals surface area contributed by atoms with Gasteiger partial charge in [0.1, 0.15) is 5.75 Å². The first-order valence-corrected chi connectivity index (χ1v) is 9.62. The number of piperidine rings is 1. The third-order valence-corrected chi connectivity index (χ3v) is 5.67. The third kappa shape index (κ3) is 3.77. The van der Waals surface area contributed by atoms with E-state index in [2.05, 4.69) is 32.1 Å². The van der Waals surface area contributed by atoms with Crippen LogP contribution in [0, 0.1) is 11.8 Å². The molecule has 1 fully saturated rings. The molecule has 0 aliphatic carbocycles. The van der Waals surface area contributed by atoms with Crippen molar-refractivity contribution >= 4 is 22.5 Å². The van der Waals surface area contributed by atoms with Crippen LogP contribution in [0.15, 0.2) is 29.1 Å². The molecule has 1 aliphatic heterocycles. The molecule has 0 amide bonds. The predicted octanol–water partition coefficient (Wildman–Crippen LogP) is 4.38. The predicted molar refractivity (Wildman–Crippen MR) is 108 cm³/mol. The Kier molecular flexibility index (Phi) is 5.64. The van der Waals surface area contributed by atoms with E-state index in [9.17, 15) is 4.79 Å². The summed E-state index contributed by atoms with van der Waals surface area (Å²) in [5, 5.41) is 1.49. The Morgan fingerprint density at radius 1 is 1.19 bits per heavy atom. The van der Waals surface area contributed by atoms with Crippen LogP contribution in [-0.2, 0) is 6.54 Å². The summed E-state index contributed by atoms with van der Waals surface area (Å²) in [6.45, 7) is 9.37. The van der Waals surface area contributed by atoms with Gasteiger partial charge in [0.15, 0.2) is 0 Å². The summed E-state index contributed by atoms with van der Waals surface area (Å²) >= 11 is 6.36. The van der Waals surface area contributed by atoms with Crippen molar-refractivity contribution in [1.82, 2.24) is 9.47 Å². The van der Waals surface area contributed by atoms with Gasteiger partial charge in [0.2, 0.25) is 0 Å². The smallest absolute Gasteiger partial charge is 0.251 e. The minimum Gasteiger partial charge on any atom is -0.495 e. The van der Waals surface area contributed by atoms with Crippen molar-refractivity contribution in [3.63, 3.8) is 0 Å². The van der Waals surface area contributed by atoms with Gasteiger partial charge in [-0.25, -0.2) is 0 Å². The molecule has 1 unspecified atom stereocenters. The van der Waals surface area contributed by atoms with E-state index < -0.39 is 0 Å². The summed E-state index contributed by atoms with van der Waals surface area (Å²) in [7, 11) is 1.63. The van der Waals surface area contributed by atoms with E-state index in [-0.39, 0.29) is 11.0 Å². The van der Waals surface area contributed by atoms with Crippen LogP contribution < -0.4 is 10.3 Å². The number of pyridine rings is 1. The molecule has 2 heterocycles. The van der Waals surface area contributed by atoms with E-state index in [0.717, 1.165) is 36.8 Å². The van der Waals surface area contributed by atoms with Crippen LogP contribution in [0.2, 0.25) is 5.02 Å². The van der Waals surface area contributed by atoms with Crippen LogP contribution in [-0.4, -0.2) is 35.7 Å². The summed E-state index contributed by atoms with van der Waals surface area (Å²) in [6, 6.07) is 7.51. The molecular formula is C21H28ClN2O2. The van der Waals surface area contributed by atoms with Crippen LogP contribution in [0.4, 0.5) is 0 Å². The molecule has 26 heavy (non-hydrogen) atoms. The van der Waals surface area contributed by atoms with E-state index in [1.807, 2.05) is 12.1 Å². The molecule has 0 N–H and O–H groups in total. The number of hydrogen-bond donors (Lipinski definition) is 0. The van der Waals surface area contributed by atoms with Crippen LogP contribution in [0.1, 0.15) is 33.6 Å². The summed E-state index contributed by atoms with van der Waals surface area (Å²) in [4.78, 5) is 15.1. The summed E-state index contributed by atoms with van der Waals surface area (Å²) in [5.41, 5.74) is 0.971. The molecule has 1 radical (unpaired) electrons. The van der Waals surface area contributed by atoms with Gasteiger partial charge >= 0.3 is 0 Å². The van der Waals surface area contributed by atoms with Crippen LogP contribution in [0.3, 0.4) is 0 Å². The van der Waals surface area contributed by atoms with Gasteiger partial charge in [0.25, 0.3) is 5.56 Å². The molecule has 0 bridgehead atoms. The first-order chi connectivity index (χ1) is 12.3. The van der Waals surface area contributed by atoms with E-state index in [0.29, 0.717) is 23.4 Å². The van der Waals surface area contributed by atoms with Crippen molar-refractivity contribution in [3.8, 4) is 5.75 Å². The van der Waals surface area contributed by atoms with Crippen molar-refractivity contribution in [2.45, 2.75) is 46.2 Å². The molecule has 5 heteroatoms. The standard InChI is InChI=1S/C21H28ClN2O2/c1-21(2,3)18-7-5-6-12-23(18)13-14-24-19(25)11-8-15-16(22)9-10-17(26-4)20(15)24/h5,8-11,18H,6-7,12-14H2,1-4H3. The van der Waals surface area contributed by atoms with E-state index in [4.69, 9.17) is 16.3 Å². The lowest BCUT2D eigenvalue weighted by molar-refractivity contribution is 0.0776. The van der Waals surface area contributed by atoms with Crippen molar-refractivity contribution in [3.05, 3.63) is 46.1 Å². The van der Waals surface area contributed by atoms with E-state index in [1.165, 1.54) is 0 Å². The second-order valence-electron chi connectivity index (χ2n) is 8.07. The largest absolute Gasteiger partial charge is 0.495 e. The van der Waals surface area contributed by atoms with Crippen LogP contribution >= 0.6 is 11.6 Å². The lowest BCUT2D eigenvalue weighted by Crippen LogP contribution is -2.48. The average Bonchev–Trinajstić information content (AvgIpc) is 2.60. The highest BCUT2D eigenvalue weighted by atomic mass is 35.5. The van der Waals surface area contributed by atoms with Crippen molar-refractivity contribution in [2.75, 3.05) is 20.2 Å². The van der Waals surface area contributed by atoms with Gasteiger partial charge in [-0.15, -0.1) is 0 Å². The fourth-order valence-electron chi connectivity index (χ4n) is 3.98. The molecule has 1 atom stereocenters. The number of nitrogens with zero attached hydrogens (tertiary/aromatic N) is 2. The van der Waals surface area contributed by atoms with Crippen molar-refractivity contribution in [1.29, 1.82) is 0 Å². The van der Waals surface area contributed by atoms with Gasteiger partial charge in [-0.2, -0.15) is 0 Å². The SMILES string of the molecule is COc1ccc(Cl)c2ccc(=O)n(CCN3CC[CH]CC3C(C)(C)C)c12. The Morgan fingerprint density at radius 2 is 1.96 bits per heavy atom. The molecule has 1 aromatic carbocycles. The molecule has 2 aromatic rings. The number of aromatic nitrogens is 1. The molecule has 1 saturated heterocycles. The molecule has 3 rings (SSSR count). The highest BCUT2D eigenvalue weighted by Gasteiger charge is 2.32. The topological polar surface area (TPSA) is 34.5 Å². The van der Waals surface area contributed by atoms with Crippen molar-refractivity contribution in [2.24, 2.45) is 5.41 Å². The second-order valence-corrected chi connectivity index (χ2v) is 8.47. The summed E-state index contributed by atoms with van der Waals surface area (Å²) in [5.74, 6) is 0.682. The number of benzene rings is 1. The van der Waals surface area contributed by atoms with Gasteiger partial charge in [-0.05, 0) is 49.4 Å². The Morgan fingerprint density at radius 3 is 2.65 bits per heavy atom. The maximum absolute atomic E-state index is 12.6. The van der Waals surface area contributed by atoms with Gasteiger partial charge in [0.05, 0.1) is 17.6 Å². The molecule has 0 saturated carbocycles. The number of fused-ring (bicyclic) bond motifs is 1. The number of hydrogen-bond acceptors (Lipinski definition) is 3. The molecule has 0 spiro atoms. The number of ether oxygens (including phenoxy) is 1. The Labute approximate surface area is 160 Å². The second kappa shape index (κ2) is 7.61. The maximum Gasteiger partial charge on any atom is 0.251 e. The van der Waals surface area contributed by atoms with Crippen LogP contribution in [0.5, 0.6) is 5.75 Å². The first-order valence-electron chi connectivity index (χ1n) is 9.24. The van der Waals surface area contributed by atoms with Gasteiger partial charge in [0, 0.05) is 30.6 Å². The highest BCUT2D eigenvalue weighted by molar-refractivity contribution is 6.35. The number of likely N-dealkylation sites (tertiary alicyclic amines) is 1. The fourth-order valence-corrected chi connectivity index (χ4v) is 4.19. The zero-order valence-corrected chi connectivity index (χ0v) is 16.8. The zero-order chi connectivity index (χ0) is 18.9. The molecule has 1 aliphatic rings. The minimum absolute atomic E-state index is 0.0195. The molecular weight excluding hydrogens is 348 g/mol. The fraction of sp³-hybridized carbons (Fsp3) is 0.524. The highest BCUT2D eigenvalue weighted by Crippen LogP contribution is 2.32. The lowest BCUT2D eigenvalue weighted by atomic mass is 9.80. The van der Waals surface area contributed by atoms with Crippen molar-refractivity contribution < 1.29 is 4.74 Å². The van der Waals surface area contributed by atoms with E-state index >= 15 is 0 Å². The normalized spacial score (nSPS) is 19.0. The maximum atomic E-state index is 12.6. The zero-order valence-electron chi connectivity index (χ0n) is 16.1. The van der Waals surface area contributed by atoms with Gasteiger partial charge in [-0.1, -0.05) is 32.4 Å². The number of methoxy groups -OCH3 is 1. The number of halogens is 1. The molecule has 4 nitrogen and oxygen atoms in total. The van der Waals surface area contributed by atoms with Gasteiger partial charge < -0.3 is 9.30 Å². The Hall–Kier alpha value is -1.52. The molecule has 141 valence electrons. The Bertz CT molecular complexity index is 838. The molecule has 1 aromatic heterocycles. The average molecular weight is 376 g/mol. The number of rotatable bonds is 4. The monoisotopic (exact) mass is 375 g/mol. The van der Waals surface area contributed by atoms with E-state index in [1.54, 1.807) is 23.8 Å². The first kappa shape index (κ1) is 19.2. The Balaban J connectivity index is 1.95. The quantitative estimate of drug-likeness (QED) is 0.795. The van der Waals surface area contributed by atoms with Gasteiger partial charge in [-0.3, -0.25) is 9.69 Å². The summed E-state index contributed by atoms with van der Waals surface area (Å²) in [6.07, 6.45) is 4.59. The summed E-state index contributed by atoms with van der Waals surface area (Å²) < 4.78 is 7.31. The third-order valence-electron chi connectivity index (χ3n) is 5.34. The lowest BCUT2D eigenvalue weighted by Gasteiger charge is -2.43. The van der Waals surface area contributed by atoms with Crippen LogP contribution in [0.25, 0.3) is 10.9 Å². The minimum atomic E-state index is -0.0195.